The molecule has 238 valence electrons. The molecule has 46 heavy (non-hydrogen) atoms. The summed E-state index contributed by atoms with van der Waals surface area (Å²) in [5, 5.41) is 7.56. The van der Waals surface area contributed by atoms with Crippen LogP contribution >= 0.6 is 23.4 Å². The highest BCUT2D eigenvalue weighted by Crippen LogP contribution is 2.36. The predicted molar refractivity (Wildman–Crippen MR) is 172 cm³/mol. The summed E-state index contributed by atoms with van der Waals surface area (Å²) in [4.78, 5) is 39.5. The number of carbonyl (C=O) groups is 3. The summed E-state index contributed by atoms with van der Waals surface area (Å²) in [7, 11) is 2.97. The van der Waals surface area contributed by atoms with Gasteiger partial charge in [0, 0.05) is 21.2 Å². The first kappa shape index (κ1) is 33.9. The Labute approximate surface area is 271 Å². The topological polar surface area (TPSA) is 106 Å². The van der Waals surface area contributed by atoms with Gasteiger partial charge in [0.25, 0.3) is 11.8 Å². The Morgan fingerprint density at radius 1 is 0.848 bits per heavy atom. The fourth-order valence-electron chi connectivity index (χ4n) is 4.11. The van der Waals surface area contributed by atoms with E-state index in [0.29, 0.717) is 33.2 Å². The minimum atomic E-state index is -4.71. The van der Waals surface area contributed by atoms with Gasteiger partial charge in [-0.25, -0.2) is 0 Å². The molecule has 0 aliphatic heterocycles. The maximum atomic E-state index is 13.5. The van der Waals surface area contributed by atoms with Crippen LogP contribution in [0.1, 0.15) is 21.5 Å². The zero-order valence-corrected chi connectivity index (χ0v) is 26.0. The first-order valence-electron chi connectivity index (χ1n) is 13.5. The van der Waals surface area contributed by atoms with Crippen LogP contribution in [0.4, 0.5) is 24.5 Å². The predicted octanol–water partition coefficient (Wildman–Crippen LogP) is 7.52. The van der Waals surface area contributed by atoms with Crippen molar-refractivity contribution < 1.29 is 37.0 Å². The quantitative estimate of drug-likeness (QED) is 0.113. The molecule has 4 aromatic rings. The number of benzene rings is 4. The number of methoxy groups -OCH3 is 2. The van der Waals surface area contributed by atoms with Gasteiger partial charge in [0.1, 0.15) is 5.70 Å². The highest BCUT2D eigenvalue weighted by Gasteiger charge is 2.34. The summed E-state index contributed by atoms with van der Waals surface area (Å²) in [6.45, 7) is 0. The van der Waals surface area contributed by atoms with Crippen molar-refractivity contribution in [3.05, 3.63) is 118 Å². The van der Waals surface area contributed by atoms with Gasteiger partial charge < -0.3 is 25.4 Å². The lowest BCUT2D eigenvalue weighted by Crippen LogP contribution is -2.30. The van der Waals surface area contributed by atoms with Gasteiger partial charge in [-0.1, -0.05) is 41.9 Å². The summed E-state index contributed by atoms with van der Waals surface area (Å²) < 4.78 is 50.8. The number of nitrogens with one attached hydrogen (secondary N) is 3. The average molecular weight is 670 g/mol. The molecule has 0 aromatic heterocycles. The molecular weight excluding hydrogens is 643 g/mol. The summed E-state index contributed by atoms with van der Waals surface area (Å²) in [5.74, 6) is -1.13. The van der Waals surface area contributed by atoms with Crippen molar-refractivity contribution in [2.45, 2.75) is 11.1 Å². The number of carbonyl (C=O) groups excluding carboxylic acids is 3. The Balaban J connectivity index is 1.49. The van der Waals surface area contributed by atoms with E-state index >= 15 is 0 Å². The molecule has 0 saturated carbocycles. The molecule has 4 aromatic carbocycles. The number of amides is 3. The summed E-state index contributed by atoms with van der Waals surface area (Å²) >= 11 is 6.76. The van der Waals surface area contributed by atoms with Crippen LogP contribution in [0.5, 0.6) is 11.5 Å². The van der Waals surface area contributed by atoms with Gasteiger partial charge in [-0.2, -0.15) is 13.2 Å². The van der Waals surface area contributed by atoms with Crippen molar-refractivity contribution in [3.8, 4) is 11.5 Å². The molecule has 13 heteroatoms. The van der Waals surface area contributed by atoms with Crippen LogP contribution < -0.4 is 25.4 Å². The Bertz CT molecular complexity index is 1770. The third kappa shape index (κ3) is 9.29. The molecule has 0 radical (unpaired) electrons. The monoisotopic (exact) mass is 669 g/mol. The fourth-order valence-corrected chi connectivity index (χ4v) is 5.04. The van der Waals surface area contributed by atoms with E-state index in [2.05, 4.69) is 16.0 Å². The van der Waals surface area contributed by atoms with E-state index < -0.39 is 35.1 Å². The Morgan fingerprint density at radius 2 is 1.59 bits per heavy atom. The van der Waals surface area contributed by atoms with Crippen molar-refractivity contribution in [2.75, 3.05) is 30.6 Å². The van der Waals surface area contributed by atoms with Crippen LogP contribution in [0, 0.1) is 0 Å². The van der Waals surface area contributed by atoms with Crippen molar-refractivity contribution in [3.63, 3.8) is 0 Å². The minimum absolute atomic E-state index is 0.0676. The van der Waals surface area contributed by atoms with Crippen molar-refractivity contribution in [1.29, 1.82) is 0 Å². The fraction of sp³-hybridized carbons (Fsp3) is 0.121. The van der Waals surface area contributed by atoms with Crippen LogP contribution in [0.3, 0.4) is 0 Å². The molecule has 8 nitrogen and oxygen atoms in total. The van der Waals surface area contributed by atoms with E-state index in [1.807, 2.05) is 0 Å². The molecule has 0 fully saturated rings. The van der Waals surface area contributed by atoms with E-state index in [0.717, 1.165) is 23.9 Å². The molecular formula is C33H27ClF3N3O5S. The molecule has 0 unspecified atom stereocenters. The number of thioether (sulfide) groups is 1. The SMILES string of the molecule is COc1ccc(/C=C(/NC(=O)c2ccccc2)C(=O)Nc2cccc(SCC(=O)Nc3ccc(Cl)cc3C(F)(F)F)c2)cc1OC. The van der Waals surface area contributed by atoms with E-state index in [1.54, 1.807) is 72.8 Å². The molecule has 4 rings (SSSR count). The van der Waals surface area contributed by atoms with Gasteiger partial charge in [-0.15, -0.1) is 11.8 Å². The minimum Gasteiger partial charge on any atom is -0.493 e. The number of anilines is 2. The van der Waals surface area contributed by atoms with E-state index in [-0.39, 0.29) is 16.5 Å². The van der Waals surface area contributed by atoms with Gasteiger partial charge in [0.05, 0.1) is 31.2 Å². The summed E-state index contributed by atoms with van der Waals surface area (Å²) in [6, 6.07) is 22.9. The maximum Gasteiger partial charge on any atom is 0.418 e. The Kier molecular flexibility index (Phi) is 11.3. The molecule has 0 bridgehead atoms. The molecule has 3 amide bonds. The summed E-state index contributed by atoms with van der Waals surface area (Å²) in [5.41, 5.74) is -0.303. The van der Waals surface area contributed by atoms with Gasteiger partial charge in [-0.05, 0) is 72.3 Å². The maximum absolute atomic E-state index is 13.5. The Hall–Kier alpha value is -4.94. The first-order chi connectivity index (χ1) is 22.0. The molecule has 3 N–H and O–H groups in total. The normalized spacial score (nSPS) is 11.4. The van der Waals surface area contributed by atoms with Crippen LogP contribution in [0.15, 0.2) is 102 Å². The average Bonchev–Trinajstić information content (AvgIpc) is 3.04. The van der Waals surface area contributed by atoms with Crippen LogP contribution in [-0.4, -0.2) is 37.7 Å². The zero-order chi connectivity index (χ0) is 33.3. The second kappa shape index (κ2) is 15.4. The van der Waals surface area contributed by atoms with E-state index in [9.17, 15) is 27.6 Å². The number of hydrogen-bond acceptors (Lipinski definition) is 6. The summed E-state index contributed by atoms with van der Waals surface area (Å²) in [6.07, 6.45) is -3.23. The number of halogens is 4. The number of rotatable bonds is 11. The van der Waals surface area contributed by atoms with Crippen LogP contribution in [-0.2, 0) is 15.8 Å². The molecule has 0 heterocycles. The molecule has 0 aliphatic carbocycles. The Morgan fingerprint density at radius 3 is 2.28 bits per heavy atom. The number of hydrogen-bond donors (Lipinski definition) is 3. The van der Waals surface area contributed by atoms with Gasteiger partial charge in [-0.3, -0.25) is 14.4 Å². The zero-order valence-electron chi connectivity index (χ0n) is 24.4. The smallest absolute Gasteiger partial charge is 0.418 e. The molecule has 0 aliphatic rings. The van der Waals surface area contributed by atoms with Crippen molar-refractivity contribution >= 4 is 58.5 Å². The highest BCUT2D eigenvalue weighted by molar-refractivity contribution is 8.00. The first-order valence-corrected chi connectivity index (χ1v) is 14.8. The second-order valence-electron chi connectivity index (χ2n) is 9.50. The second-order valence-corrected chi connectivity index (χ2v) is 11.0. The van der Waals surface area contributed by atoms with Gasteiger partial charge in [0.2, 0.25) is 5.91 Å². The van der Waals surface area contributed by atoms with E-state index in [4.69, 9.17) is 21.1 Å². The van der Waals surface area contributed by atoms with E-state index in [1.165, 1.54) is 26.4 Å². The number of alkyl halides is 3. The van der Waals surface area contributed by atoms with Crippen molar-refractivity contribution in [1.82, 2.24) is 5.32 Å². The lowest BCUT2D eigenvalue weighted by atomic mass is 10.1. The van der Waals surface area contributed by atoms with Gasteiger partial charge in [0.15, 0.2) is 11.5 Å². The molecule has 0 saturated heterocycles. The van der Waals surface area contributed by atoms with Gasteiger partial charge >= 0.3 is 6.18 Å². The third-order valence-electron chi connectivity index (χ3n) is 6.27. The lowest BCUT2D eigenvalue weighted by molar-refractivity contribution is -0.137. The standard InChI is InChI=1S/C33H27ClF3N3O5S/c1-44-28-14-11-20(16-29(28)45-2)15-27(40-31(42)21-7-4-3-5-8-21)32(43)38-23-9-6-10-24(18-23)46-19-30(41)39-26-13-12-22(34)17-25(26)33(35,36)37/h3-18H,19H2,1-2H3,(H,38,43)(H,39,41)(H,40,42)/b27-15+. The lowest BCUT2D eigenvalue weighted by Gasteiger charge is -2.14. The number of ether oxygens (including phenoxy) is 2. The third-order valence-corrected chi connectivity index (χ3v) is 7.50. The van der Waals surface area contributed by atoms with Crippen LogP contribution in [0.2, 0.25) is 5.02 Å². The van der Waals surface area contributed by atoms with Crippen molar-refractivity contribution in [2.24, 2.45) is 0 Å². The molecule has 0 spiro atoms. The van der Waals surface area contributed by atoms with Crippen LogP contribution in [0.25, 0.3) is 6.08 Å². The highest BCUT2D eigenvalue weighted by atomic mass is 35.5. The molecule has 0 atom stereocenters. The largest absolute Gasteiger partial charge is 0.493 e.